The van der Waals surface area contributed by atoms with E-state index in [-0.39, 0.29) is 0 Å². The highest BCUT2D eigenvalue weighted by Crippen LogP contribution is 2.20. The second-order valence-electron chi connectivity index (χ2n) is 5.54. The first-order valence-electron chi connectivity index (χ1n) is 7.32. The van der Waals surface area contributed by atoms with Crippen molar-refractivity contribution in [2.75, 3.05) is 5.32 Å². The number of hydrogen-bond donors (Lipinski definition) is 1. The van der Waals surface area contributed by atoms with Crippen LogP contribution in [0.25, 0.3) is 11.5 Å². The second-order valence-corrected chi connectivity index (χ2v) is 5.54. The van der Waals surface area contributed by atoms with E-state index >= 15 is 0 Å². The highest BCUT2D eigenvalue weighted by atomic mass is 16.4. The Bertz CT molecular complexity index is 775. The summed E-state index contributed by atoms with van der Waals surface area (Å²) in [6, 6.07) is 14.4. The Labute approximate surface area is 130 Å². The molecular weight excluding hydrogens is 274 g/mol. The molecule has 0 bridgehead atoms. The summed E-state index contributed by atoms with van der Waals surface area (Å²) in [4.78, 5) is 0. The maximum atomic E-state index is 5.71. The number of rotatable bonds is 4. The van der Waals surface area contributed by atoms with Gasteiger partial charge < -0.3 is 9.73 Å². The fraction of sp³-hybridized carbons (Fsp3) is 0.222. The average Bonchev–Trinajstić information content (AvgIpc) is 2.96. The molecule has 0 saturated carbocycles. The van der Waals surface area contributed by atoms with Gasteiger partial charge in [-0.05, 0) is 44.5 Å². The Morgan fingerprint density at radius 1 is 0.909 bits per heavy atom. The molecule has 0 unspecified atom stereocenters. The largest absolute Gasteiger partial charge is 0.419 e. The smallest absolute Gasteiger partial charge is 0.247 e. The maximum absolute atomic E-state index is 5.71. The summed E-state index contributed by atoms with van der Waals surface area (Å²) in [5.74, 6) is 1.13. The highest BCUT2D eigenvalue weighted by Gasteiger charge is 2.08. The lowest BCUT2D eigenvalue weighted by molar-refractivity contribution is 0.515. The minimum Gasteiger partial charge on any atom is -0.419 e. The van der Waals surface area contributed by atoms with E-state index in [1.807, 2.05) is 24.3 Å². The van der Waals surface area contributed by atoms with Crippen molar-refractivity contribution in [1.82, 2.24) is 10.2 Å². The molecule has 3 rings (SSSR count). The van der Waals surface area contributed by atoms with Crippen LogP contribution in [0.4, 0.5) is 5.69 Å². The van der Waals surface area contributed by atoms with Crippen molar-refractivity contribution < 1.29 is 4.42 Å². The van der Waals surface area contributed by atoms with Crippen molar-refractivity contribution in [2.24, 2.45) is 0 Å². The van der Waals surface area contributed by atoms with Gasteiger partial charge in [0.25, 0.3) is 0 Å². The molecule has 4 heteroatoms. The number of aryl methyl sites for hydroxylation is 3. The van der Waals surface area contributed by atoms with Crippen molar-refractivity contribution in [1.29, 1.82) is 0 Å². The minimum absolute atomic E-state index is 0.517. The van der Waals surface area contributed by atoms with E-state index in [2.05, 4.69) is 54.5 Å². The zero-order chi connectivity index (χ0) is 15.5. The third kappa shape index (κ3) is 3.17. The van der Waals surface area contributed by atoms with Crippen molar-refractivity contribution in [3.8, 4) is 11.5 Å². The fourth-order valence-electron chi connectivity index (χ4n) is 2.32. The number of anilines is 1. The Balaban J connectivity index is 1.70. The van der Waals surface area contributed by atoms with Crippen LogP contribution in [0.5, 0.6) is 0 Å². The minimum atomic E-state index is 0.517. The Kier molecular flexibility index (Phi) is 3.92. The molecule has 112 valence electrons. The molecule has 0 radical (unpaired) electrons. The fourth-order valence-corrected chi connectivity index (χ4v) is 2.32. The van der Waals surface area contributed by atoms with Crippen molar-refractivity contribution >= 4 is 5.69 Å². The van der Waals surface area contributed by atoms with Crippen LogP contribution in [0.1, 0.15) is 22.6 Å². The van der Waals surface area contributed by atoms with Crippen LogP contribution in [-0.2, 0) is 6.54 Å². The van der Waals surface area contributed by atoms with Crippen LogP contribution in [0.15, 0.2) is 46.9 Å². The first-order chi connectivity index (χ1) is 10.6. The number of aromatic nitrogens is 2. The lowest BCUT2D eigenvalue weighted by Gasteiger charge is -2.07. The van der Waals surface area contributed by atoms with E-state index in [4.69, 9.17) is 4.42 Å². The van der Waals surface area contributed by atoms with Gasteiger partial charge in [0.05, 0.1) is 6.54 Å². The molecule has 0 aliphatic carbocycles. The van der Waals surface area contributed by atoms with E-state index < -0.39 is 0 Å². The van der Waals surface area contributed by atoms with Crippen LogP contribution in [-0.4, -0.2) is 10.2 Å². The van der Waals surface area contributed by atoms with Crippen LogP contribution in [0.3, 0.4) is 0 Å². The number of nitrogens with zero attached hydrogens (tertiary/aromatic N) is 2. The molecule has 0 saturated heterocycles. The van der Waals surface area contributed by atoms with E-state index in [0.717, 1.165) is 11.3 Å². The third-order valence-electron chi connectivity index (χ3n) is 3.58. The summed E-state index contributed by atoms with van der Waals surface area (Å²) < 4.78 is 5.71. The second kappa shape index (κ2) is 6.02. The SMILES string of the molecule is Cc1ccc(-c2nnc(CNc3ccc(C)cc3C)o2)cc1. The van der Waals surface area contributed by atoms with Crippen molar-refractivity contribution in [3.05, 3.63) is 65.0 Å². The molecule has 22 heavy (non-hydrogen) atoms. The molecule has 0 fully saturated rings. The predicted molar refractivity (Wildman–Crippen MR) is 87.7 cm³/mol. The molecule has 4 nitrogen and oxygen atoms in total. The summed E-state index contributed by atoms with van der Waals surface area (Å²) in [6.45, 7) is 6.74. The molecule has 0 atom stereocenters. The highest BCUT2D eigenvalue weighted by molar-refractivity contribution is 5.53. The quantitative estimate of drug-likeness (QED) is 0.780. The molecule has 2 aromatic carbocycles. The van der Waals surface area contributed by atoms with Crippen LogP contribution in [0.2, 0.25) is 0 Å². The summed E-state index contributed by atoms with van der Waals surface area (Å²) in [5.41, 5.74) is 5.69. The molecule has 1 aromatic heterocycles. The molecule has 1 heterocycles. The molecule has 0 amide bonds. The lowest BCUT2D eigenvalue weighted by Crippen LogP contribution is -2.01. The van der Waals surface area contributed by atoms with Gasteiger partial charge in [-0.2, -0.15) is 0 Å². The lowest BCUT2D eigenvalue weighted by atomic mass is 10.1. The summed E-state index contributed by atoms with van der Waals surface area (Å²) in [6.07, 6.45) is 0. The molecule has 0 aliphatic rings. The molecule has 0 spiro atoms. The van der Waals surface area contributed by atoms with Gasteiger partial charge in [0.2, 0.25) is 11.8 Å². The van der Waals surface area contributed by atoms with Crippen LogP contribution < -0.4 is 5.32 Å². The number of nitrogens with one attached hydrogen (secondary N) is 1. The van der Waals surface area contributed by atoms with E-state index in [9.17, 15) is 0 Å². The monoisotopic (exact) mass is 293 g/mol. The molecule has 1 N–H and O–H groups in total. The Morgan fingerprint density at radius 2 is 1.64 bits per heavy atom. The standard InChI is InChI=1S/C18H19N3O/c1-12-4-7-15(8-5-12)18-21-20-17(22-18)11-19-16-9-6-13(2)10-14(16)3/h4-10,19H,11H2,1-3H3. The third-order valence-corrected chi connectivity index (χ3v) is 3.58. The topological polar surface area (TPSA) is 51.0 Å². The van der Waals surface area contributed by atoms with E-state index in [1.54, 1.807) is 0 Å². The van der Waals surface area contributed by atoms with Crippen LogP contribution >= 0.6 is 0 Å². The van der Waals surface area contributed by atoms with Gasteiger partial charge >= 0.3 is 0 Å². The average molecular weight is 293 g/mol. The Morgan fingerprint density at radius 3 is 2.36 bits per heavy atom. The normalized spacial score (nSPS) is 10.7. The van der Waals surface area contributed by atoms with Gasteiger partial charge in [-0.25, -0.2) is 0 Å². The van der Waals surface area contributed by atoms with Gasteiger partial charge in [0, 0.05) is 11.3 Å². The molecule has 0 aliphatic heterocycles. The molecular formula is C18H19N3O. The molecule has 3 aromatic rings. The Hall–Kier alpha value is -2.62. The first kappa shape index (κ1) is 14.3. The summed E-state index contributed by atoms with van der Waals surface area (Å²) in [5, 5.41) is 11.5. The summed E-state index contributed by atoms with van der Waals surface area (Å²) >= 11 is 0. The van der Waals surface area contributed by atoms with Crippen molar-refractivity contribution in [3.63, 3.8) is 0 Å². The van der Waals surface area contributed by atoms with Gasteiger partial charge in [-0.15, -0.1) is 10.2 Å². The maximum Gasteiger partial charge on any atom is 0.247 e. The van der Waals surface area contributed by atoms with Crippen LogP contribution in [0, 0.1) is 20.8 Å². The number of hydrogen-bond acceptors (Lipinski definition) is 4. The zero-order valence-corrected chi connectivity index (χ0v) is 13.1. The van der Waals surface area contributed by atoms with E-state index in [0.29, 0.717) is 18.3 Å². The van der Waals surface area contributed by atoms with Gasteiger partial charge in [0.1, 0.15) is 0 Å². The van der Waals surface area contributed by atoms with Gasteiger partial charge in [-0.1, -0.05) is 35.4 Å². The van der Waals surface area contributed by atoms with Crippen molar-refractivity contribution in [2.45, 2.75) is 27.3 Å². The predicted octanol–water partition coefficient (Wildman–Crippen LogP) is 4.27. The van der Waals surface area contributed by atoms with E-state index in [1.165, 1.54) is 16.7 Å². The summed E-state index contributed by atoms with van der Waals surface area (Å²) in [7, 11) is 0. The zero-order valence-electron chi connectivity index (χ0n) is 13.1. The number of benzene rings is 2. The first-order valence-corrected chi connectivity index (χ1v) is 7.32. The van der Waals surface area contributed by atoms with Gasteiger partial charge in [0.15, 0.2) is 0 Å². The van der Waals surface area contributed by atoms with Gasteiger partial charge in [-0.3, -0.25) is 0 Å².